The molecular formula is C12H13N3O3. The van der Waals surface area contributed by atoms with Crippen molar-refractivity contribution in [3.8, 4) is 0 Å². The van der Waals surface area contributed by atoms with Crippen LogP contribution >= 0.6 is 0 Å². The highest BCUT2D eigenvalue weighted by molar-refractivity contribution is 5.68. The van der Waals surface area contributed by atoms with Crippen LogP contribution in [0.25, 0.3) is 5.52 Å². The van der Waals surface area contributed by atoms with E-state index in [0.717, 1.165) is 12.8 Å². The predicted molar refractivity (Wildman–Crippen MR) is 63.4 cm³/mol. The fourth-order valence-corrected chi connectivity index (χ4v) is 2.34. The molecule has 0 bridgehead atoms. The van der Waals surface area contributed by atoms with E-state index in [-0.39, 0.29) is 17.4 Å². The van der Waals surface area contributed by atoms with Crippen LogP contribution in [0.15, 0.2) is 29.5 Å². The molecule has 3 rings (SSSR count). The van der Waals surface area contributed by atoms with Gasteiger partial charge in [-0.05, 0) is 24.3 Å². The minimum atomic E-state index is -0.800. The Balaban J connectivity index is 1.93. The second-order valence-electron chi connectivity index (χ2n) is 4.96. The van der Waals surface area contributed by atoms with Crippen molar-refractivity contribution in [3.05, 3.63) is 35.0 Å². The molecule has 1 aliphatic carbocycles. The van der Waals surface area contributed by atoms with Crippen LogP contribution < -0.4 is 5.56 Å². The first kappa shape index (κ1) is 11.0. The van der Waals surface area contributed by atoms with Crippen molar-refractivity contribution < 1.29 is 9.90 Å². The van der Waals surface area contributed by atoms with Crippen molar-refractivity contribution >= 4 is 11.5 Å². The molecule has 1 fully saturated rings. The minimum absolute atomic E-state index is 0.119. The first-order chi connectivity index (χ1) is 8.60. The highest BCUT2D eigenvalue weighted by Crippen LogP contribution is 2.49. The summed E-state index contributed by atoms with van der Waals surface area (Å²) in [5.74, 6) is -0.800. The van der Waals surface area contributed by atoms with Gasteiger partial charge in [-0.2, -0.15) is 5.10 Å². The molecule has 1 N–H and O–H groups in total. The first-order valence-corrected chi connectivity index (χ1v) is 5.84. The van der Waals surface area contributed by atoms with E-state index in [9.17, 15) is 9.59 Å². The third-order valence-corrected chi connectivity index (χ3v) is 3.53. The topological polar surface area (TPSA) is 76.6 Å². The van der Waals surface area contributed by atoms with Crippen molar-refractivity contribution in [1.82, 2.24) is 14.2 Å². The molecular weight excluding hydrogens is 234 g/mol. The lowest BCUT2D eigenvalue weighted by Gasteiger charge is -2.14. The second kappa shape index (κ2) is 3.69. The summed E-state index contributed by atoms with van der Waals surface area (Å²) in [4.78, 5) is 22.9. The molecule has 0 amide bonds. The van der Waals surface area contributed by atoms with Gasteiger partial charge in [0.15, 0.2) is 0 Å². The van der Waals surface area contributed by atoms with Crippen molar-refractivity contribution in [2.75, 3.05) is 0 Å². The van der Waals surface area contributed by atoms with Gasteiger partial charge in [0, 0.05) is 18.9 Å². The number of hydrogen-bond donors (Lipinski definition) is 1. The number of nitrogens with zero attached hydrogens (tertiary/aromatic N) is 3. The summed E-state index contributed by atoms with van der Waals surface area (Å²) in [7, 11) is 0. The fraction of sp³-hybridized carbons (Fsp3) is 0.417. The van der Waals surface area contributed by atoms with Crippen molar-refractivity contribution in [2.24, 2.45) is 5.41 Å². The standard InChI is InChI=1S/C12H13N3O3/c16-10(17)7-12(2-3-12)8-14-5-6-15-9(11(14)18)1-4-13-15/h1,4-6H,2-3,7-8H2,(H,16,17). The zero-order valence-corrected chi connectivity index (χ0v) is 9.74. The van der Waals surface area contributed by atoms with E-state index in [1.165, 1.54) is 4.52 Å². The molecule has 2 aromatic rings. The lowest BCUT2D eigenvalue weighted by Crippen LogP contribution is -2.26. The average molecular weight is 247 g/mol. The number of aliphatic carboxylic acids is 1. The summed E-state index contributed by atoms with van der Waals surface area (Å²) in [5, 5.41) is 12.9. The quantitative estimate of drug-likeness (QED) is 0.865. The Labute approximate surface area is 102 Å². The SMILES string of the molecule is O=C(O)CC1(Cn2ccn3nccc3c2=O)CC1. The molecule has 0 radical (unpaired) electrons. The van der Waals surface area contributed by atoms with Gasteiger partial charge in [-0.15, -0.1) is 0 Å². The Hall–Kier alpha value is -2.11. The molecule has 1 saturated carbocycles. The third kappa shape index (κ3) is 1.79. The molecule has 1 aliphatic rings. The number of carbonyl (C=O) groups is 1. The number of carboxylic acids is 1. The average Bonchev–Trinajstić information content (AvgIpc) is 2.89. The molecule has 2 heterocycles. The van der Waals surface area contributed by atoms with Crippen LogP contribution in [0.2, 0.25) is 0 Å². The van der Waals surface area contributed by atoms with Gasteiger partial charge < -0.3 is 9.67 Å². The smallest absolute Gasteiger partial charge is 0.303 e. The maximum atomic E-state index is 12.1. The highest BCUT2D eigenvalue weighted by Gasteiger charge is 2.44. The van der Waals surface area contributed by atoms with Crippen LogP contribution in [0.5, 0.6) is 0 Å². The Morgan fingerprint density at radius 1 is 1.44 bits per heavy atom. The zero-order chi connectivity index (χ0) is 12.8. The van der Waals surface area contributed by atoms with Crippen LogP contribution in [0, 0.1) is 5.41 Å². The zero-order valence-electron chi connectivity index (χ0n) is 9.74. The molecule has 6 heteroatoms. The molecule has 0 spiro atoms. The lowest BCUT2D eigenvalue weighted by atomic mass is 10.0. The van der Waals surface area contributed by atoms with Gasteiger partial charge >= 0.3 is 5.97 Å². The molecule has 0 aliphatic heterocycles. The Kier molecular flexibility index (Phi) is 2.26. The van der Waals surface area contributed by atoms with Crippen molar-refractivity contribution in [3.63, 3.8) is 0 Å². The largest absolute Gasteiger partial charge is 0.481 e. The van der Waals surface area contributed by atoms with E-state index < -0.39 is 5.97 Å². The van der Waals surface area contributed by atoms with Crippen LogP contribution in [0.3, 0.4) is 0 Å². The van der Waals surface area contributed by atoms with E-state index in [0.29, 0.717) is 12.1 Å². The summed E-state index contributed by atoms with van der Waals surface area (Å²) in [6.07, 6.45) is 6.83. The Bertz CT molecular complexity index is 667. The van der Waals surface area contributed by atoms with Gasteiger partial charge in [0.2, 0.25) is 0 Å². The van der Waals surface area contributed by atoms with Gasteiger partial charge in [0.25, 0.3) is 5.56 Å². The Morgan fingerprint density at radius 2 is 2.22 bits per heavy atom. The summed E-state index contributed by atoms with van der Waals surface area (Å²) in [6, 6.07) is 1.66. The molecule has 0 aromatic carbocycles. The van der Waals surface area contributed by atoms with Crippen molar-refractivity contribution in [2.45, 2.75) is 25.8 Å². The molecule has 2 aromatic heterocycles. The minimum Gasteiger partial charge on any atom is -0.481 e. The molecule has 0 saturated heterocycles. The lowest BCUT2D eigenvalue weighted by molar-refractivity contribution is -0.138. The van der Waals surface area contributed by atoms with E-state index in [4.69, 9.17) is 5.11 Å². The Morgan fingerprint density at radius 3 is 2.89 bits per heavy atom. The summed E-state index contributed by atoms with van der Waals surface area (Å²) in [6.45, 7) is 0.472. The molecule has 18 heavy (non-hydrogen) atoms. The van der Waals surface area contributed by atoms with Crippen LogP contribution in [0.4, 0.5) is 0 Å². The number of hydrogen-bond acceptors (Lipinski definition) is 3. The van der Waals surface area contributed by atoms with Gasteiger partial charge in [-0.3, -0.25) is 9.59 Å². The monoisotopic (exact) mass is 247 g/mol. The predicted octanol–water partition coefficient (Wildman–Crippen LogP) is 0.751. The van der Waals surface area contributed by atoms with Crippen LogP contribution in [-0.2, 0) is 11.3 Å². The van der Waals surface area contributed by atoms with E-state index >= 15 is 0 Å². The normalized spacial score (nSPS) is 16.9. The molecule has 0 atom stereocenters. The molecule has 94 valence electrons. The summed E-state index contributed by atoms with van der Waals surface area (Å²) < 4.78 is 3.11. The second-order valence-corrected chi connectivity index (χ2v) is 4.96. The van der Waals surface area contributed by atoms with Gasteiger partial charge in [0.05, 0.1) is 12.6 Å². The number of carboxylic acid groups (broad SMARTS) is 1. The van der Waals surface area contributed by atoms with E-state index in [1.807, 2.05) is 0 Å². The van der Waals surface area contributed by atoms with Crippen LogP contribution in [-0.4, -0.2) is 25.3 Å². The maximum absolute atomic E-state index is 12.1. The van der Waals surface area contributed by atoms with Gasteiger partial charge in [0.1, 0.15) is 5.52 Å². The van der Waals surface area contributed by atoms with E-state index in [2.05, 4.69) is 5.10 Å². The fourth-order valence-electron chi connectivity index (χ4n) is 2.34. The first-order valence-electron chi connectivity index (χ1n) is 5.84. The summed E-state index contributed by atoms with van der Waals surface area (Å²) >= 11 is 0. The molecule has 6 nitrogen and oxygen atoms in total. The number of fused-ring (bicyclic) bond motifs is 1. The van der Waals surface area contributed by atoms with Crippen LogP contribution in [0.1, 0.15) is 19.3 Å². The number of rotatable bonds is 4. The third-order valence-electron chi connectivity index (χ3n) is 3.53. The highest BCUT2D eigenvalue weighted by atomic mass is 16.4. The maximum Gasteiger partial charge on any atom is 0.303 e. The van der Waals surface area contributed by atoms with Crippen molar-refractivity contribution in [1.29, 1.82) is 0 Å². The van der Waals surface area contributed by atoms with Gasteiger partial charge in [-0.25, -0.2) is 4.52 Å². The van der Waals surface area contributed by atoms with E-state index in [1.54, 1.807) is 29.2 Å². The summed E-state index contributed by atoms with van der Waals surface area (Å²) in [5.41, 5.74) is 0.170. The molecule has 0 unspecified atom stereocenters. The number of aromatic nitrogens is 3. The van der Waals surface area contributed by atoms with Gasteiger partial charge in [-0.1, -0.05) is 0 Å².